The Morgan fingerprint density at radius 2 is 2.04 bits per heavy atom. The number of likely N-dealkylation sites (N-methyl/N-ethyl adjacent to an activating group) is 1. The van der Waals surface area contributed by atoms with Crippen molar-refractivity contribution in [2.45, 2.75) is 31.7 Å². The van der Waals surface area contributed by atoms with Gasteiger partial charge < -0.3 is 15.1 Å². The van der Waals surface area contributed by atoms with Crippen molar-refractivity contribution in [3.05, 3.63) is 30.1 Å². The van der Waals surface area contributed by atoms with Crippen molar-refractivity contribution in [2.75, 3.05) is 31.6 Å². The van der Waals surface area contributed by atoms with E-state index in [9.17, 15) is 14.0 Å². The molecule has 2 aliphatic heterocycles. The van der Waals surface area contributed by atoms with Crippen LogP contribution in [0.4, 0.5) is 10.1 Å². The van der Waals surface area contributed by atoms with E-state index >= 15 is 0 Å². The molecular weight excluding hydrogens is 321 g/mol. The van der Waals surface area contributed by atoms with Gasteiger partial charge in [-0.1, -0.05) is 12.1 Å². The maximum Gasteiger partial charge on any atom is 0.249 e. The zero-order valence-electron chi connectivity index (χ0n) is 14.5. The molecule has 2 heterocycles. The molecule has 3 fully saturated rings. The van der Waals surface area contributed by atoms with Gasteiger partial charge >= 0.3 is 0 Å². The lowest BCUT2D eigenvalue weighted by molar-refractivity contribution is -0.138. The number of amides is 2. The Balaban J connectivity index is 1.45. The number of carbonyl (C=O) groups is 2. The Bertz CT molecular complexity index is 702. The highest BCUT2D eigenvalue weighted by Gasteiger charge is 2.59. The van der Waals surface area contributed by atoms with Gasteiger partial charge in [0.15, 0.2) is 0 Å². The summed E-state index contributed by atoms with van der Waals surface area (Å²) in [7, 11) is 1.73. The summed E-state index contributed by atoms with van der Waals surface area (Å²) in [5, 5.41) is 3.34. The third-order valence-corrected chi connectivity index (χ3v) is 6.22. The molecule has 5 nitrogen and oxygen atoms in total. The Morgan fingerprint density at radius 1 is 1.32 bits per heavy atom. The lowest BCUT2D eigenvalue weighted by Gasteiger charge is -2.27. The standard InChI is InChI=1S/C19H24FN3O2/c1-22(17(24)13-12-19(13)7-9-21-10-8-19)16-6-11-23(18(16)25)15-5-3-2-4-14(15)20/h2-5,13,16,21H,6-12H2,1H3. The van der Waals surface area contributed by atoms with Crippen LogP contribution in [0.5, 0.6) is 0 Å². The molecule has 1 aliphatic carbocycles. The topological polar surface area (TPSA) is 52.7 Å². The number of hydrogen-bond acceptors (Lipinski definition) is 3. The number of hydrogen-bond donors (Lipinski definition) is 1. The quantitative estimate of drug-likeness (QED) is 0.909. The molecule has 4 rings (SSSR count). The van der Waals surface area contributed by atoms with Crippen molar-refractivity contribution in [1.82, 2.24) is 10.2 Å². The van der Waals surface area contributed by atoms with Crippen molar-refractivity contribution in [2.24, 2.45) is 11.3 Å². The van der Waals surface area contributed by atoms with Gasteiger partial charge in [0.2, 0.25) is 11.8 Å². The van der Waals surface area contributed by atoms with E-state index in [1.807, 2.05) is 0 Å². The molecular formula is C19H24FN3O2. The van der Waals surface area contributed by atoms with Crippen LogP contribution in [0, 0.1) is 17.2 Å². The minimum atomic E-state index is -0.480. The summed E-state index contributed by atoms with van der Waals surface area (Å²) in [6, 6.07) is 5.82. The second-order valence-corrected chi connectivity index (χ2v) is 7.56. The van der Waals surface area contributed by atoms with Crippen LogP contribution in [-0.2, 0) is 9.59 Å². The van der Waals surface area contributed by atoms with E-state index in [2.05, 4.69) is 5.32 Å². The number of benzene rings is 1. The molecule has 2 saturated heterocycles. The van der Waals surface area contributed by atoms with E-state index in [4.69, 9.17) is 0 Å². The number of para-hydroxylation sites is 1. The van der Waals surface area contributed by atoms with Crippen molar-refractivity contribution in [1.29, 1.82) is 0 Å². The second kappa shape index (κ2) is 6.09. The maximum atomic E-state index is 14.0. The second-order valence-electron chi connectivity index (χ2n) is 7.56. The van der Waals surface area contributed by atoms with E-state index in [0.717, 1.165) is 32.4 Å². The molecule has 2 atom stereocenters. The first-order valence-corrected chi connectivity index (χ1v) is 9.07. The Hall–Kier alpha value is -1.95. The molecule has 3 aliphatic rings. The van der Waals surface area contributed by atoms with Crippen LogP contribution < -0.4 is 10.2 Å². The predicted octanol–water partition coefficient (Wildman–Crippen LogP) is 1.78. The molecule has 1 saturated carbocycles. The van der Waals surface area contributed by atoms with E-state index in [1.54, 1.807) is 30.1 Å². The largest absolute Gasteiger partial charge is 0.333 e. The minimum Gasteiger partial charge on any atom is -0.333 e. The van der Waals surface area contributed by atoms with Gasteiger partial charge in [0.25, 0.3) is 0 Å². The normalized spacial score (nSPS) is 27.6. The van der Waals surface area contributed by atoms with Gasteiger partial charge in [-0.15, -0.1) is 0 Å². The van der Waals surface area contributed by atoms with Gasteiger partial charge in [0, 0.05) is 19.5 Å². The number of nitrogens with one attached hydrogen (secondary N) is 1. The first kappa shape index (κ1) is 16.5. The van der Waals surface area contributed by atoms with Crippen LogP contribution in [0.3, 0.4) is 0 Å². The van der Waals surface area contributed by atoms with Crippen LogP contribution in [0.25, 0.3) is 0 Å². The molecule has 2 unspecified atom stereocenters. The highest BCUT2D eigenvalue weighted by atomic mass is 19.1. The Kier molecular flexibility index (Phi) is 4.02. The summed E-state index contributed by atoms with van der Waals surface area (Å²) in [6.45, 7) is 2.38. The van der Waals surface area contributed by atoms with Crippen LogP contribution in [0.1, 0.15) is 25.7 Å². The van der Waals surface area contributed by atoms with Crippen LogP contribution >= 0.6 is 0 Å². The number of carbonyl (C=O) groups excluding carboxylic acids is 2. The molecule has 1 N–H and O–H groups in total. The van der Waals surface area contributed by atoms with E-state index in [1.165, 1.54) is 11.0 Å². The fraction of sp³-hybridized carbons (Fsp3) is 0.579. The molecule has 1 spiro atoms. The monoisotopic (exact) mass is 345 g/mol. The first-order valence-electron chi connectivity index (χ1n) is 9.07. The summed E-state index contributed by atoms with van der Waals surface area (Å²) in [6.07, 6.45) is 3.57. The van der Waals surface area contributed by atoms with Gasteiger partial charge in [-0.3, -0.25) is 9.59 Å². The fourth-order valence-corrected chi connectivity index (χ4v) is 4.51. The molecule has 6 heteroatoms. The summed E-state index contributed by atoms with van der Waals surface area (Å²) < 4.78 is 14.0. The average Bonchev–Trinajstić information content (AvgIpc) is 3.17. The maximum absolute atomic E-state index is 14.0. The molecule has 0 bridgehead atoms. The third-order valence-electron chi connectivity index (χ3n) is 6.22. The average molecular weight is 345 g/mol. The van der Waals surface area contributed by atoms with Crippen LogP contribution in [-0.4, -0.2) is 49.4 Å². The molecule has 2 amide bonds. The molecule has 134 valence electrons. The van der Waals surface area contributed by atoms with Crippen molar-refractivity contribution < 1.29 is 14.0 Å². The van der Waals surface area contributed by atoms with E-state index in [0.29, 0.717) is 18.7 Å². The Morgan fingerprint density at radius 3 is 2.76 bits per heavy atom. The van der Waals surface area contributed by atoms with Gasteiger partial charge in [0.05, 0.1) is 5.69 Å². The van der Waals surface area contributed by atoms with Crippen LogP contribution in [0.2, 0.25) is 0 Å². The predicted molar refractivity (Wildman–Crippen MR) is 92.6 cm³/mol. The first-order chi connectivity index (χ1) is 12.0. The number of halogens is 1. The molecule has 0 aromatic heterocycles. The van der Waals surface area contributed by atoms with Crippen molar-refractivity contribution in [3.8, 4) is 0 Å². The van der Waals surface area contributed by atoms with E-state index < -0.39 is 11.9 Å². The third kappa shape index (κ3) is 2.72. The SMILES string of the molecule is CN(C(=O)C1CC12CCNCC2)C1CCN(c2ccccc2F)C1=O. The van der Waals surface area contributed by atoms with Gasteiger partial charge in [0.1, 0.15) is 11.9 Å². The minimum absolute atomic E-state index is 0.0508. The number of rotatable bonds is 3. The summed E-state index contributed by atoms with van der Waals surface area (Å²) >= 11 is 0. The Labute approximate surface area is 147 Å². The summed E-state index contributed by atoms with van der Waals surface area (Å²) in [5.74, 6) is -0.451. The molecule has 25 heavy (non-hydrogen) atoms. The lowest BCUT2D eigenvalue weighted by atomic mass is 9.91. The van der Waals surface area contributed by atoms with Gasteiger partial charge in [-0.05, 0) is 56.3 Å². The molecule has 1 aromatic rings. The fourth-order valence-electron chi connectivity index (χ4n) is 4.51. The van der Waals surface area contributed by atoms with Crippen molar-refractivity contribution in [3.63, 3.8) is 0 Å². The highest BCUT2D eigenvalue weighted by Crippen LogP contribution is 2.59. The van der Waals surface area contributed by atoms with Crippen molar-refractivity contribution >= 4 is 17.5 Å². The highest BCUT2D eigenvalue weighted by molar-refractivity contribution is 6.01. The zero-order chi connectivity index (χ0) is 17.6. The van der Waals surface area contributed by atoms with E-state index in [-0.39, 0.29) is 23.1 Å². The van der Waals surface area contributed by atoms with Crippen LogP contribution in [0.15, 0.2) is 24.3 Å². The zero-order valence-corrected chi connectivity index (χ0v) is 14.5. The summed E-state index contributed by atoms with van der Waals surface area (Å²) in [5.41, 5.74) is 0.459. The number of nitrogens with zero attached hydrogens (tertiary/aromatic N) is 2. The number of piperidine rings is 1. The van der Waals surface area contributed by atoms with Gasteiger partial charge in [-0.2, -0.15) is 0 Å². The molecule has 1 aromatic carbocycles. The smallest absolute Gasteiger partial charge is 0.249 e. The lowest BCUT2D eigenvalue weighted by Crippen LogP contribution is -2.44. The molecule has 0 radical (unpaired) electrons. The number of anilines is 1. The van der Waals surface area contributed by atoms with Gasteiger partial charge in [-0.25, -0.2) is 4.39 Å². The summed E-state index contributed by atoms with van der Waals surface area (Å²) in [4.78, 5) is 28.7.